The first kappa shape index (κ1) is 10.8. The van der Waals surface area contributed by atoms with Gasteiger partial charge in [-0.25, -0.2) is 0 Å². The van der Waals surface area contributed by atoms with Crippen LogP contribution in [0.25, 0.3) is 0 Å². The summed E-state index contributed by atoms with van der Waals surface area (Å²) in [5.41, 5.74) is 4.02. The Morgan fingerprint density at radius 3 is 2.94 bits per heavy atom. The minimum absolute atomic E-state index is 0.123. The van der Waals surface area contributed by atoms with E-state index in [1.165, 1.54) is 16.7 Å². The molecule has 0 aliphatic heterocycles. The number of fused-ring (bicyclic) bond motifs is 2. The molecule has 1 nitrogen and oxygen atoms in total. The van der Waals surface area contributed by atoms with Crippen molar-refractivity contribution in [3.05, 3.63) is 34.9 Å². The highest BCUT2D eigenvalue weighted by Gasteiger charge is 2.53. The zero-order chi connectivity index (χ0) is 11.3. The Morgan fingerprint density at radius 2 is 2.25 bits per heavy atom. The van der Waals surface area contributed by atoms with Gasteiger partial charge in [0.15, 0.2) is 0 Å². The molecule has 1 aromatic rings. The van der Waals surface area contributed by atoms with Gasteiger partial charge >= 0.3 is 0 Å². The van der Waals surface area contributed by atoms with Crippen LogP contribution in [-0.4, -0.2) is 9.71 Å². The minimum atomic E-state index is -0.123. The topological polar surface area (TPSA) is 17.1 Å². The number of halogens is 1. The van der Waals surface area contributed by atoms with Gasteiger partial charge < -0.3 is 0 Å². The summed E-state index contributed by atoms with van der Waals surface area (Å²) in [5.74, 6) is 0.483. The molecule has 0 unspecified atom stereocenters. The Morgan fingerprint density at radius 1 is 1.44 bits per heavy atom. The van der Waals surface area contributed by atoms with Gasteiger partial charge in [-0.15, -0.1) is 0 Å². The lowest BCUT2D eigenvalue weighted by molar-refractivity contribution is -0.121. The fraction of sp³-hybridized carbons (Fsp3) is 0.500. The van der Waals surface area contributed by atoms with Crippen molar-refractivity contribution < 1.29 is 4.79 Å². The van der Waals surface area contributed by atoms with Crippen molar-refractivity contribution in [2.75, 3.05) is 0 Å². The van der Waals surface area contributed by atoms with Gasteiger partial charge in [0.1, 0.15) is 5.78 Å². The highest BCUT2D eigenvalue weighted by Crippen LogP contribution is 2.51. The molecule has 1 aromatic carbocycles. The molecule has 1 saturated carbocycles. The summed E-state index contributed by atoms with van der Waals surface area (Å²) in [7, 11) is 0. The second-order valence-electron chi connectivity index (χ2n) is 5.02. The van der Waals surface area contributed by atoms with Gasteiger partial charge in [-0.05, 0) is 42.9 Å². The lowest BCUT2D eigenvalue weighted by Gasteiger charge is -2.27. The van der Waals surface area contributed by atoms with E-state index in [1.807, 2.05) is 0 Å². The SMILES string of the molecule is Cc1cccc2c1C[C@H](I)[C@@]21CCCC1=O. The maximum absolute atomic E-state index is 12.3. The average Bonchev–Trinajstić information content (AvgIpc) is 2.76. The van der Waals surface area contributed by atoms with Crippen molar-refractivity contribution in [2.45, 2.75) is 41.9 Å². The number of Topliss-reactive ketones (excluding diaryl/α,β-unsaturated/α-hetero) is 1. The minimum Gasteiger partial charge on any atom is -0.299 e. The third kappa shape index (κ3) is 1.19. The van der Waals surface area contributed by atoms with Gasteiger partial charge in [0.05, 0.1) is 5.41 Å². The summed E-state index contributed by atoms with van der Waals surface area (Å²) in [6.07, 6.45) is 4.00. The summed E-state index contributed by atoms with van der Waals surface area (Å²) >= 11 is 2.49. The van der Waals surface area contributed by atoms with Crippen LogP contribution >= 0.6 is 22.6 Å². The highest BCUT2D eigenvalue weighted by molar-refractivity contribution is 14.1. The summed E-state index contributed by atoms with van der Waals surface area (Å²) in [5, 5.41) is 0. The molecule has 2 aliphatic carbocycles. The van der Waals surface area contributed by atoms with Crippen LogP contribution in [-0.2, 0) is 16.6 Å². The van der Waals surface area contributed by atoms with E-state index in [9.17, 15) is 4.79 Å². The number of carbonyl (C=O) groups excluding carboxylic acids is 1. The van der Waals surface area contributed by atoms with Gasteiger partial charge in [0, 0.05) is 10.3 Å². The van der Waals surface area contributed by atoms with Crippen LogP contribution in [0, 0.1) is 6.92 Å². The Hall–Kier alpha value is -0.380. The standard InChI is InChI=1S/C14H15IO/c1-9-4-2-5-11-10(9)8-12(15)14(11)7-3-6-13(14)16/h2,4-5,12H,3,6-8H2,1H3/t12-,14+/m0/s1. The predicted molar refractivity (Wildman–Crippen MR) is 73.2 cm³/mol. The number of carbonyl (C=O) groups is 1. The average molecular weight is 326 g/mol. The number of alkyl halides is 1. The molecule has 1 spiro atoms. The van der Waals surface area contributed by atoms with E-state index in [0.717, 1.165) is 25.7 Å². The van der Waals surface area contributed by atoms with Gasteiger partial charge in [0.25, 0.3) is 0 Å². The summed E-state index contributed by atoms with van der Waals surface area (Å²) in [4.78, 5) is 12.3. The van der Waals surface area contributed by atoms with Gasteiger partial charge in [-0.2, -0.15) is 0 Å². The lowest BCUT2D eigenvalue weighted by atomic mass is 9.79. The number of benzene rings is 1. The Bertz CT molecular complexity index is 466. The third-order valence-electron chi connectivity index (χ3n) is 4.28. The highest BCUT2D eigenvalue weighted by atomic mass is 127. The van der Waals surface area contributed by atoms with E-state index in [2.05, 4.69) is 47.7 Å². The van der Waals surface area contributed by atoms with Crippen LogP contribution in [0.2, 0.25) is 0 Å². The zero-order valence-electron chi connectivity index (χ0n) is 9.42. The maximum Gasteiger partial charge on any atom is 0.144 e. The number of aryl methyl sites for hydroxylation is 1. The summed E-state index contributed by atoms with van der Waals surface area (Å²) in [6, 6.07) is 6.46. The van der Waals surface area contributed by atoms with Crippen molar-refractivity contribution >= 4 is 28.4 Å². The van der Waals surface area contributed by atoms with Crippen LogP contribution in [0.4, 0.5) is 0 Å². The normalized spacial score (nSPS) is 32.4. The molecule has 2 atom stereocenters. The fourth-order valence-corrected chi connectivity index (χ4v) is 4.85. The maximum atomic E-state index is 12.3. The van der Waals surface area contributed by atoms with Gasteiger partial charge in [-0.3, -0.25) is 4.79 Å². The molecule has 0 aromatic heterocycles. The molecule has 16 heavy (non-hydrogen) atoms. The number of rotatable bonds is 0. The largest absolute Gasteiger partial charge is 0.299 e. The Kier molecular flexibility index (Phi) is 2.39. The van der Waals surface area contributed by atoms with E-state index in [0.29, 0.717) is 9.71 Å². The van der Waals surface area contributed by atoms with Gasteiger partial charge in [0.2, 0.25) is 0 Å². The van der Waals surface area contributed by atoms with Crippen molar-refractivity contribution in [3.63, 3.8) is 0 Å². The first-order valence-corrected chi connectivity index (χ1v) is 7.17. The first-order chi connectivity index (χ1) is 7.66. The molecule has 0 amide bonds. The van der Waals surface area contributed by atoms with Crippen LogP contribution in [0.15, 0.2) is 18.2 Å². The van der Waals surface area contributed by atoms with Crippen molar-refractivity contribution in [3.8, 4) is 0 Å². The quantitative estimate of drug-likeness (QED) is 0.528. The van der Waals surface area contributed by atoms with Crippen LogP contribution < -0.4 is 0 Å². The Balaban J connectivity index is 2.23. The van der Waals surface area contributed by atoms with E-state index >= 15 is 0 Å². The second kappa shape index (κ2) is 3.56. The zero-order valence-corrected chi connectivity index (χ0v) is 11.6. The van der Waals surface area contributed by atoms with Crippen molar-refractivity contribution in [1.29, 1.82) is 0 Å². The molecule has 0 saturated heterocycles. The smallest absolute Gasteiger partial charge is 0.144 e. The molecule has 2 heteroatoms. The predicted octanol–water partition coefficient (Wildman–Crippen LogP) is 3.35. The molecule has 2 aliphatic rings. The number of hydrogen-bond donors (Lipinski definition) is 0. The molecule has 84 valence electrons. The number of ketones is 1. The van der Waals surface area contributed by atoms with Crippen LogP contribution in [0.5, 0.6) is 0 Å². The van der Waals surface area contributed by atoms with E-state index in [1.54, 1.807) is 0 Å². The second-order valence-corrected chi connectivity index (χ2v) is 6.52. The molecule has 0 N–H and O–H groups in total. The molecule has 3 rings (SSSR count). The molecule has 0 heterocycles. The molecular formula is C14H15IO. The van der Waals surface area contributed by atoms with Crippen molar-refractivity contribution in [1.82, 2.24) is 0 Å². The van der Waals surface area contributed by atoms with E-state index < -0.39 is 0 Å². The molecule has 1 fully saturated rings. The summed E-state index contributed by atoms with van der Waals surface area (Å²) < 4.78 is 0.469. The van der Waals surface area contributed by atoms with E-state index in [-0.39, 0.29) is 5.41 Å². The van der Waals surface area contributed by atoms with E-state index in [4.69, 9.17) is 0 Å². The van der Waals surface area contributed by atoms with Crippen LogP contribution in [0.3, 0.4) is 0 Å². The van der Waals surface area contributed by atoms with Crippen molar-refractivity contribution in [2.24, 2.45) is 0 Å². The summed E-state index contributed by atoms with van der Waals surface area (Å²) in [6.45, 7) is 2.17. The third-order valence-corrected chi connectivity index (χ3v) is 5.79. The lowest BCUT2D eigenvalue weighted by Crippen LogP contribution is -2.36. The monoisotopic (exact) mass is 326 g/mol. The molecule has 0 bridgehead atoms. The fourth-order valence-electron chi connectivity index (χ4n) is 3.42. The molecule has 0 radical (unpaired) electrons. The number of hydrogen-bond acceptors (Lipinski definition) is 1. The van der Waals surface area contributed by atoms with Crippen LogP contribution in [0.1, 0.15) is 36.0 Å². The first-order valence-electron chi connectivity index (χ1n) is 5.92. The Labute approximate surface area is 110 Å². The van der Waals surface area contributed by atoms with Gasteiger partial charge in [-0.1, -0.05) is 40.8 Å². The molecular weight excluding hydrogens is 311 g/mol.